The summed E-state index contributed by atoms with van der Waals surface area (Å²) in [6, 6.07) is 6.96. The Morgan fingerprint density at radius 3 is 2.10 bits per heavy atom. The fourth-order valence-corrected chi connectivity index (χ4v) is 5.84. The lowest BCUT2D eigenvalue weighted by molar-refractivity contribution is 0.0522. The third-order valence-corrected chi connectivity index (χ3v) is 8.04. The smallest absolute Gasteiger partial charge is 0.345 e. The molecule has 0 bridgehead atoms. The van der Waals surface area contributed by atoms with Crippen molar-refractivity contribution >= 4 is 43.7 Å². The molecule has 3 rings (SSSR count). The minimum absolute atomic E-state index is 0.108. The average Bonchev–Trinajstić information content (AvgIpc) is 3.20. The van der Waals surface area contributed by atoms with Crippen LogP contribution in [0.25, 0.3) is 0 Å². The number of carbonyl (C=O) groups excluding carboxylic acids is 1. The Labute approximate surface area is 224 Å². The van der Waals surface area contributed by atoms with Gasteiger partial charge in [-0.15, -0.1) is 4.40 Å². The Balaban J connectivity index is 2.51. The van der Waals surface area contributed by atoms with Gasteiger partial charge in [0, 0.05) is 7.05 Å². The van der Waals surface area contributed by atoms with E-state index in [0.29, 0.717) is 4.31 Å². The van der Waals surface area contributed by atoms with E-state index in [1.54, 1.807) is 6.92 Å². The lowest BCUT2D eigenvalue weighted by atomic mass is 10.2. The molecule has 1 aromatic carbocycles. The van der Waals surface area contributed by atoms with Crippen molar-refractivity contribution in [3.05, 3.63) is 41.5 Å². The summed E-state index contributed by atoms with van der Waals surface area (Å²) in [7, 11) is -5.79. The molecule has 16 nitrogen and oxygen atoms in total. The number of anilines is 2. The van der Waals surface area contributed by atoms with Crippen LogP contribution in [-0.4, -0.2) is 69.3 Å². The normalized spacial score (nSPS) is 11.5. The molecule has 0 fully saturated rings. The second kappa shape index (κ2) is 11.1. The van der Waals surface area contributed by atoms with Crippen LogP contribution < -0.4 is 25.2 Å². The molecule has 4 N–H and O–H groups in total. The predicted octanol–water partition coefficient (Wildman–Crippen LogP) is 0.202. The number of guanidine groups is 1. The minimum atomic E-state index is -4.79. The topological polar surface area (TPSA) is 224 Å². The predicted molar refractivity (Wildman–Crippen MR) is 138 cm³/mol. The van der Waals surface area contributed by atoms with Crippen molar-refractivity contribution in [2.45, 2.75) is 23.8 Å². The minimum Gasteiger partial charge on any atom is -0.481 e. The number of esters is 1. The molecule has 0 aliphatic carbocycles. The van der Waals surface area contributed by atoms with E-state index in [4.69, 9.17) is 25.7 Å². The number of nitrogens with two attached hydrogens (primary N) is 2. The Kier molecular flexibility index (Phi) is 8.30. The number of benzene rings is 1. The summed E-state index contributed by atoms with van der Waals surface area (Å²) in [4.78, 5) is 21.1. The molecule has 2 aromatic heterocycles. The van der Waals surface area contributed by atoms with Gasteiger partial charge in [0.25, 0.3) is 16.0 Å². The highest BCUT2D eigenvalue weighted by Crippen LogP contribution is 2.37. The molecule has 3 aromatic rings. The van der Waals surface area contributed by atoms with Gasteiger partial charge in [-0.25, -0.2) is 13.2 Å². The van der Waals surface area contributed by atoms with Gasteiger partial charge < -0.3 is 25.7 Å². The zero-order chi connectivity index (χ0) is 29.1. The average molecular weight is 583 g/mol. The zero-order valence-electron chi connectivity index (χ0n) is 21.5. The summed E-state index contributed by atoms with van der Waals surface area (Å²) in [6.45, 7) is 3.03. The van der Waals surface area contributed by atoms with E-state index >= 15 is 0 Å². The van der Waals surface area contributed by atoms with Crippen molar-refractivity contribution in [2.75, 3.05) is 25.1 Å². The molecule has 0 saturated heterocycles. The summed E-state index contributed by atoms with van der Waals surface area (Å²) >= 11 is 0. The van der Waals surface area contributed by atoms with Crippen LogP contribution in [0, 0.1) is 6.92 Å². The van der Waals surface area contributed by atoms with Crippen molar-refractivity contribution in [2.24, 2.45) is 22.9 Å². The van der Waals surface area contributed by atoms with Gasteiger partial charge in [-0.05, 0) is 26.0 Å². The van der Waals surface area contributed by atoms with Crippen LogP contribution in [0.1, 0.15) is 22.8 Å². The first-order valence-electron chi connectivity index (χ1n) is 11.0. The van der Waals surface area contributed by atoms with Gasteiger partial charge in [0.15, 0.2) is 10.8 Å². The van der Waals surface area contributed by atoms with Gasteiger partial charge in [0.1, 0.15) is 5.56 Å². The lowest BCUT2D eigenvalue weighted by Gasteiger charge is -2.22. The van der Waals surface area contributed by atoms with Crippen molar-refractivity contribution in [1.29, 1.82) is 0 Å². The highest BCUT2D eigenvalue weighted by atomic mass is 32.2. The van der Waals surface area contributed by atoms with Crippen LogP contribution in [0.4, 0.5) is 11.8 Å². The monoisotopic (exact) mass is 582 g/mol. The highest BCUT2D eigenvalue weighted by molar-refractivity contribution is 7.93. The number of methoxy groups -OCH3 is 2. The Hall–Kier alpha value is -4.45. The lowest BCUT2D eigenvalue weighted by Crippen LogP contribution is -2.30. The Morgan fingerprint density at radius 1 is 1.05 bits per heavy atom. The number of aryl methyl sites for hydroxylation is 2. The summed E-state index contributed by atoms with van der Waals surface area (Å²) in [5.74, 6) is -3.58. The molecule has 0 unspecified atom stereocenters. The first-order valence-corrected chi connectivity index (χ1v) is 13.8. The van der Waals surface area contributed by atoms with E-state index in [0.717, 1.165) is 17.3 Å². The maximum Gasteiger partial charge on any atom is 0.345 e. The van der Waals surface area contributed by atoms with E-state index in [1.165, 1.54) is 51.5 Å². The van der Waals surface area contributed by atoms with Gasteiger partial charge in [0.05, 0.1) is 31.8 Å². The van der Waals surface area contributed by atoms with Crippen molar-refractivity contribution in [3.8, 4) is 11.8 Å². The number of nitrogens with zero attached hydrogens (tertiary/aromatic N) is 6. The number of hydrogen-bond donors (Lipinski definition) is 2. The van der Waals surface area contributed by atoms with Gasteiger partial charge >= 0.3 is 16.0 Å². The molecule has 0 saturated carbocycles. The molecule has 210 valence electrons. The van der Waals surface area contributed by atoms with E-state index in [1.807, 2.05) is 0 Å². The van der Waals surface area contributed by atoms with Crippen molar-refractivity contribution in [1.82, 2.24) is 19.7 Å². The fourth-order valence-electron chi connectivity index (χ4n) is 3.32. The third-order valence-electron chi connectivity index (χ3n) is 4.94. The quantitative estimate of drug-likeness (QED) is 0.185. The SMILES string of the molecule is CCOC(=O)c1c(N(c2nc(OC)cc(OC)n2)S(=O)(=O)c2ccc(C)cc2)nn(C)c1S(=O)(=O)N=C(N)N. The highest BCUT2D eigenvalue weighted by Gasteiger charge is 2.41. The van der Waals surface area contributed by atoms with Crippen LogP contribution in [0.3, 0.4) is 0 Å². The fraction of sp³-hybridized carbons (Fsp3) is 0.286. The van der Waals surface area contributed by atoms with Crippen LogP contribution in [0.2, 0.25) is 0 Å². The van der Waals surface area contributed by atoms with Crippen LogP contribution in [0.15, 0.2) is 44.7 Å². The molecule has 0 atom stereocenters. The first-order chi connectivity index (χ1) is 18.3. The summed E-state index contributed by atoms with van der Waals surface area (Å²) in [5.41, 5.74) is 10.5. The molecule has 0 aliphatic heterocycles. The molecule has 2 heterocycles. The van der Waals surface area contributed by atoms with Gasteiger partial charge in [-0.3, -0.25) is 4.68 Å². The molecule has 0 amide bonds. The number of rotatable bonds is 10. The molecule has 39 heavy (non-hydrogen) atoms. The summed E-state index contributed by atoms with van der Waals surface area (Å²) in [5, 5.41) is 3.21. The number of carbonyl (C=O) groups is 1. The van der Waals surface area contributed by atoms with Crippen molar-refractivity contribution in [3.63, 3.8) is 0 Å². The van der Waals surface area contributed by atoms with Gasteiger partial charge in [0.2, 0.25) is 17.7 Å². The Morgan fingerprint density at radius 2 is 1.62 bits per heavy atom. The number of ether oxygens (including phenoxy) is 3. The van der Waals surface area contributed by atoms with E-state index in [2.05, 4.69) is 19.5 Å². The van der Waals surface area contributed by atoms with Gasteiger partial charge in [-0.2, -0.15) is 27.8 Å². The second-order valence-electron chi connectivity index (χ2n) is 7.67. The van der Waals surface area contributed by atoms with Crippen LogP contribution >= 0.6 is 0 Å². The van der Waals surface area contributed by atoms with Crippen LogP contribution in [-0.2, 0) is 31.8 Å². The maximum atomic E-state index is 14.1. The number of hydrogen-bond acceptors (Lipinski definition) is 11. The largest absolute Gasteiger partial charge is 0.481 e. The first kappa shape index (κ1) is 29.1. The van der Waals surface area contributed by atoms with E-state index < -0.39 is 54.3 Å². The summed E-state index contributed by atoms with van der Waals surface area (Å²) in [6.07, 6.45) is 0. The van der Waals surface area contributed by atoms with Gasteiger partial charge in [-0.1, -0.05) is 17.7 Å². The number of aromatic nitrogens is 4. The molecule has 0 radical (unpaired) electrons. The number of sulfonamides is 2. The zero-order valence-corrected chi connectivity index (χ0v) is 23.1. The molecular weight excluding hydrogens is 556 g/mol. The molecule has 0 aliphatic rings. The molecule has 0 spiro atoms. The second-order valence-corrected chi connectivity index (χ2v) is 11.0. The third kappa shape index (κ3) is 5.85. The molecular formula is C21H26N8O8S2. The maximum absolute atomic E-state index is 14.1. The van der Waals surface area contributed by atoms with E-state index in [9.17, 15) is 21.6 Å². The van der Waals surface area contributed by atoms with Crippen molar-refractivity contribution < 1.29 is 35.8 Å². The Bertz CT molecular complexity index is 1610. The summed E-state index contributed by atoms with van der Waals surface area (Å²) < 4.78 is 74.0. The standard InChI is InChI=1S/C21H26N8O8S2/c1-6-37-19(30)16-17(26-28(3)18(16)38(31,32)27-20(22)23)29(21-24-14(35-4)11-15(25-21)36-5)39(33,34)13-9-7-12(2)8-10-13/h7-11H,6H2,1-5H3,(H4,22,23,27). The van der Waals surface area contributed by atoms with Crippen LogP contribution in [0.5, 0.6) is 11.8 Å². The van der Waals surface area contributed by atoms with E-state index in [-0.39, 0.29) is 23.3 Å². The molecule has 18 heteroatoms.